The lowest BCUT2D eigenvalue weighted by Crippen LogP contribution is -2.28. The van der Waals surface area contributed by atoms with Crippen LogP contribution in [0.1, 0.15) is 23.7 Å². The second-order valence-corrected chi connectivity index (χ2v) is 7.67. The van der Waals surface area contributed by atoms with E-state index in [-0.39, 0.29) is 5.91 Å². The van der Waals surface area contributed by atoms with Gasteiger partial charge in [-0.15, -0.1) is 11.8 Å². The molecule has 2 aromatic heterocycles. The van der Waals surface area contributed by atoms with Crippen LogP contribution in [-0.4, -0.2) is 51.3 Å². The van der Waals surface area contributed by atoms with E-state index in [4.69, 9.17) is 0 Å². The number of nitrogens with one attached hydrogen (secondary N) is 2. The first-order valence-corrected chi connectivity index (χ1v) is 11.6. The van der Waals surface area contributed by atoms with Crippen LogP contribution in [0.5, 0.6) is 0 Å². The van der Waals surface area contributed by atoms with E-state index in [1.807, 2.05) is 41.5 Å². The van der Waals surface area contributed by atoms with Gasteiger partial charge in [0.2, 0.25) is 0 Å². The molecule has 7 nitrogen and oxygen atoms in total. The fraction of sp³-hybridized carbons (Fsp3) is 0.368. The molecule has 0 atom stereocenters. The lowest BCUT2D eigenvalue weighted by atomic mass is 10.2. The van der Waals surface area contributed by atoms with Crippen LogP contribution in [-0.2, 0) is 6.54 Å². The maximum atomic E-state index is 12.5. The SMILES string of the molecule is CCCNc1nc(SC)nc2c1cnn2CCNC(=O)c1ccccc1SC. The second kappa shape index (κ2) is 9.79. The predicted molar refractivity (Wildman–Crippen MR) is 116 cm³/mol. The number of amides is 1. The molecule has 0 aliphatic rings. The summed E-state index contributed by atoms with van der Waals surface area (Å²) in [6, 6.07) is 7.60. The van der Waals surface area contributed by atoms with Crippen molar-refractivity contribution in [2.45, 2.75) is 29.9 Å². The number of anilines is 1. The molecule has 0 aliphatic heterocycles. The van der Waals surface area contributed by atoms with Crippen LogP contribution in [0.3, 0.4) is 0 Å². The molecule has 9 heteroatoms. The van der Waals surface area contributed by atoms with Crippen molar-refractivity contribution in [1.82, 2.24) is 25.1 Å². The number of carbonyl (C=O) groups excluding carboxylic acids is 1. The van der Waals surface area contributed by atoms with Gasteiger partial charge >= 0.3 is 0 Å². The highest BCUT2D eigenvalue weighted by Crippen LogP contribution is 2.23. The third kappa shape index (κ3) is 4.59. The maximum Gasteiger partial charge on any atom is 0.252 e. The molecule has 0 radical (unpaired) electrons. The molecule has 3 aromatic rings. The van der Waals surface area contributed by atoms with Gasteiger partial charge in [0.1, 0.15) is 5.82 Å². The zero-order valence-corrected chi connectivity index (χ0v) is 17.9. The van der Waals surface area contributed by atoms with Crippen LogP contribution in [0.15, 0.2) is 40.5 Å². The Morgan fingerprint density at radius 2 is 1.96 bits per heavy atom. The minimum atomic E-state index is -0.0776. The highest BCUT2D eigenvalue weighted by Gasteiger charge is 2.14. The van der Waals surface area contributed by atoms with E-state index >= 15 is 0 Å². The number of aromatic nitrogens is 4. The number of nitrogens with zero attached hydrogens (tertiary/aromatic N) is 4. The Hall–Kier alpha value is -2.26. The zero-order chi connectivity index (χ0) is 19.9. The average molecular weight is 417 g/mol. The molecule has 0 fully saturated rings. The third-order valence-electron chi connectivity index (χ3n) is 4.16. The standard InChI is InChI=1S/C19H24N6OS2/c1-4-9-20-16-14-12-22-25(17(14)24-19(23-16)28-3)11-10-21-18(26)13-7-5-6-8-15(13)27-2/h5-8,12H,4,9-11H2,1-3H3,(H,21,26)(H,20,23,24). The number of hydrogen-bond acceptors (Lipinski definition) is 7. The van der Waals surface area contributed by atoms with Crippen molar-refractivity contribution in [3.8, 4) is 0 Å². The van der Waals surface area contributed by atoms with Crippen LogP contribution < -0.4 is 10.6 Å². The van der Waals surface area contributed by atoms with Gasteiger partial charge in [-0.05, 0) is 31.1 Å². The van der Waals surface area contributed by atoms with Crippen LogP contribution in [0, 0.1) is 0 Å². The Balaban J connectivity index is 1.73. The Morgan fingerprint density at radius 1 is 1.14 bits per heavy atom. The summed E-state index contributed by atoms with van der Waals surface area (Å²) in [5.41, 5.74) is 1.47. The van der Waals surface area contributed by atoms with Gasteiger partial charge < -0.3 is 10.6 Å². The lowest BCUT2D eigenvalue weighted by molar-refractivity contribution is 0.0949. The van der Waals surface area contributed by atoms with Gasteiger partial charge in [-0.3, -0.25) is 4.79 Å². The molecule has 148 valence electrons. The number of hydrogen-bond donors (Lipinski definition) is 2. The Kier molecular flexibility index (Phi) is 7.16. The first kappa shape index (κ1) is 20.5. The largest absolute Gasteiger partial charge is 0.369 e. The molecule has 0 unspecified atom stereocenters. The Morgan fingerprint density at radius 3 is 2.71 bits per heavy atom. The van der Waals surface area contributed by atoms with Crippen LogP contribution >= 0.6 is 23.5 Å². The first-order valence-electron chi connectivity index (χ1n) is 9.10. The Labute approximate surface area is 173 Å². The molecule has 1 aromatic carbocycles. The monoisotopic (exact) mass is 416 g/mol. The summed E-state index contributed by atoms with van der Waals surface area (Å²) in [6.45, 7) is 3.96. The van der Waals surface area contributed by atoms with Crippen molar-refractivity contribution < 1.29 is 4.79 Å². The molecule has 0 spiro atoms. The van der Waals surface area contributed by atoms with Crippen molar-refractivity contribution >= 4 is 46.3 Å². The molecule has 0 saturated heterocycles. The zero-order valence-electron chi connectivity index (χ0n) is 16.2. The van der Waals surface area contributed by atoms with E-state index in [0.717, 1.165) is 34.7 Å². The third-order valence-corrected chi connectivity index (χ3v) is 5.51. The van der Waals surface area contributed by atoms with Crippen molar-refractivity contribution in [3.63, 3.8) is 0 Å². The molecule has 1 amide bonds. The molecule has 2 heterocycles. The van der Waals surface area contributed by atoms with Gasteiger partial charge in [0, 0.05) is 18.0 Å². The summed E-state index contributed by atoms with van der Waals surface area (Å²) in [6.07, 6.45) is 6.71. The molecular formula is C19H24N6OS2. The van der Waals surface area contributed by atoms with Crippen molar-refractivity contribution in [3.05, 3.63) is 36.0 Å². The summed E-state index contributed by atoms with van der Waals surface area (Å²) in [5.74, 6) is 0.728. The van der Waals surface area contributed by atoms with E-state index in [0.29, 0.717) is 23.8 Å². The average Bonchev–Trinajstić information content (AvgIpc) is 3.14. The molecular weight excluding hydrogens is 392 g/mol. The van der Waals surface area contributed by atoms with Crippen LogP contribution in [0.2, 0.25) is 0 Å². The molecule has 2 N–H and O–H groups in total. The summed E-state index contributed by atoms with van der Waals surface area (Å²) < 4.78 is 1.81. The van der Waals surface area contributed by atoms with Gasteiger partial charge in [-0.25, -0.2) is 14.6 Å². The molecule has 0 bridgehead atoms. The predicted octanol–water partition coefficient (Wildman–Crippen LogP) is 3.52. The number of rotatable bonds is 9. The number of carbonyl (C=O) groups is 1. The maximum absolute atomic E-state index is 12.5. The van der Waals surface area contributed by atoms with Gasteiger partial charge in [0.05, 0.1) is 23.7 Å². The number of thioether (sulfide) groups is 2. The van der Waals surface area contributed by atoms with Gasteiger partial charge in [-0.2, -0.15) is 5.10 Å². The fourth-order valence-corrected chi connectivity index (χ4v) is 3.73. The summed E-state index contributed by atoms with van der Waals surface area (Å²) in [4.78, 5) is 22.6. The normalized spacial score (nSPS) is 11.0. The van der Waals surface area contributed by atoms with E-state index in [1.54, 1.807) is 18.0 Å². The Bertz CT molecular complexity index is 959. The highest BCUT2D eigenvalue weighted by molar-refractivity contribution is 7.98. The van der Waals surface area contributed by atoms with E-state index in [2.05, 4.69) is 32.6 Å². The molecule has 0 aliphatic carbocycles. The van der Waals surface area contributed by atoms with Crippen molar-refractivity contribution in [2.75, 3.05) is 30.9 Å². The summed E-state index contributed by atoms with van der Waals surface area (Å²) >= 11 is 3.06. The van der Waals surface area contributed by atoms with Crippen LogP contribution in [0.4, 0.5) is 5.82 Å². The van der Waals surface area contributed by atoms with Crippen LogP contribution in [0.25, 0.3) is 11.0 Å². The highest BCUT2D eigenvalue weighted by atomic mass is 32.2. The number of benzene rings is 1. The quantitative estimate of drug-likeness (QED) is 0.408. The van der Waals surface area contributed by atoms with E-state index in [9.17, 15) is 4.79 Å². The smallest absolute Gasteiger partial charge is 0.252 e. The molecule has 28 heavy (non-hydrogen) atoms. The number of fused-ring (bicyclic) bond motifs is 1. The topological polar surface area (TPSA) is 84.7 Å². The minimum absolute atomic E-state index is 0.0776. The second-order valence-electron chi connectivity index (χ2n) is 6.05. The lowest BCUT2D eigenvalue weighted by Gasteiger charge is -2.10. The molecule has 3 rings (SSSR count). The molecule has 0 saturated carbocycles. The van der Waals surface area contributed by atoms with Gasteiger partial charge in [0.25, 0.3) is 5.91 Å². The summed E-state index contributed by atoms with van der Waals surface area (Å²) in [5, 5.41) is 12.4. The van der Waals surface area contributed by atoms with Crippen molar-refractivity contribution in [1.29, 1.82) is 0 Å². The van der Waals surface area contributed by atoms with E-state index in [1.165, 1.54) is 11.8 Å². The van der Waals surface area contributed by atoms with Crippen molar-refractivity contribution in [2.24, 2.45) is 0 Å². The summed E-state index contributed by atoms with van der Waals surface area (Å²) in [7, 11) is 0. The fourth-order valence-electron chi connectivity index (χ4n) is 2.77. The van der Waals surface area contributed by atoms with E-state index < -0.39 is 0 Å². The van der Waals surface area contributed by atoms with Gasteiger partial charge in [0.15, 0.2) is 10.8 Å². The minimum Gasteiger partial charge on any atom is -0.369 e. The first-order chi connectivity index (χ1) is 13.7. The van der Waals surface area contributed by atoms with Gasteiger partial charge in [-0.1, -0.05) is 30.8 Å².